The van der Waals surface area contributed by atoms with Gasteiger partial charge in [0.2, 0.25) is 0 Å². The number of rotatable bonds is 8. The average molecular weight is 459 g/mol. The number of nitrogens with zero attached hydrogens (tertiary/aromatic N) is 1. The highest BCUT2D eigenvalue weighted by Gasteiger charge is 2.16. The zero-order chi connectivity index (χ0) is 22.2. The third-order valence-corrected chi connectivity index (χ3v) is 4.83. The summed E-state index contributed by atoms with van der Waals surface area (Å²) in [5.74, 6) is 0.154. The Morgan fingerprint density at radius 2 is 1.84 bits per heavy atom. The number of carbonyl (C=O) groups excluding carboxylic acids is 1. The number of aliphatic hydroxyl groups is 1. The Bertz CT molecular complexity index is 1060. The van der Waals surface area contributed by atoms with Crippen LogP contribution in [0.3, 0.4) is 0 Å². The molecule has 3 aromatic carbocycles. The molecule has 31 heavy (non-hydrogen) atoms. The first-order valence-electron chi connectivity index (χ1n) is 9.28. The van der Waals surface area contributed by atoms with Crippen LogP contribution in [0.1, 0.15) is 22.8 Å². The van der Waals surface area contributed by atoms with Crippen molar-refractivity contribution in [2.75, 3.05) is 7.11 Å². The molecule has 1 amide bonds. The lowest BCUT2D eigenvalue weighted by Crippen LogP contribution is -2.25. The van der Waals surface area contributed by atoms with Crippen molar-refractivity contribution in [2.24, 2.45) is 5.10 Å². The van der Waals surface area contributed by atoms with Gasteiger partial charge in [0.15, 0.2) is 17.6 Å². The summed E-state index contributed by atoms with van der Waals surface area (Å²) in [6.07, 6.45) is 0.0765. The molecule has 0 saturated carbocycles. The monoisotopic (exact) mass is 458 g/mol. The van der Waals surface area contributed by atoms with E-state index in [-0.39, 0.29) is 6.61 Å². The number of hydrogen-bond donors (Lipinski definition) is 2. The van der Waals surface area contributed by atoms with E-state index in [0.717, 1.165) is 5.56 Å². The minimum Gasteiger partial charge on any atom is -0.493 e. The molecule has 0 heterocycles. The predicted octanol–water partition coefficient (Wildman–Crippen LogP) is 4.76. The van der Waals surface area contributed by atoms with E-state index in [4.69, 9.17) is 32.7 Å². The van der Waals surface area contributed by atoms with E-state index >= 15 is 0 Å². The van der Waals surface area contributed by atoms with Crippen molar-refractivity contribution in [1.29, 1.82) is 0 Å². The maximum atomic E-state index is 12.1. The lowest BCUT2D eigenvalue weighted by atomic mass is 10.1. The summed E-state index contributed by atoms with van der Waals surface area (Å²) < 4.78 is 11.2. The molecule has 0 saturated heterocycles. The van der Waals surface area contributed by atoms with Gasteiger partial charge >= 0.3 is 0 Å². The average Bonchev–Trinajstić information content (AvgIpc) is 2.79. The van der Waals surface area contributed by atoms with Crippen LogP contribution in [0.4, 0.5) is 0 Å². The number of nitrogens with one attached hydrogen (secondary N) is 1. The Labute approximate surface area is 190 Å². The molecule has 0 unspecified atom stereocenters. The molecule has 0 bridgehead atoms. The van der Waals surface area contributed by atoms with Crippen LogP contribution in [0.5, 0.6) is 11.5 Å². The third kappa shape index (κ3) is 6.21. The van der Waals surface area contributed by atoms with Crippen molar-refractivity contribution in [3.8, 4) is 11.5 Å². The van der Waals surface area contributed by atoms with Gasteiger partial charge in [0.1, 0.15) is 6.61 Å². The minimum absolute atomic E-state index is 0.286. The predicted molar refractivity (Wildman–Crippen MR) is 121 cm³/mol. The Morgan fingerprint density at radius 1 is 1.13 bits per heavy atom. The number of ether oxygens (including phenoxy) is 2. The van der Waals surface area contributed by atoms with Crippen molar-refractivity contribution >= 4 is 35.3 Å². The molecule has 0 aromatic heterocycles. The second kappa shape index (κ2) is 10.8. The molecule has 0 spiro atoms. The van der Waals surface area contributed by atoms with Crippen molar-refractivity contribution in [1.82, 2.24) is 5.43 Å². The summed E-state index contributed by atoms with van der Waals surface area (Å²) in [6.45, 7) is 0.286. The van der Waals surface area contributed by atoms with Gasteiger partial charge in [-0.05, 0) is 41.0 Å². The van der Waals surface area contributed by atoms with Gasteiger partial charge in [-0.3, -0.25) is 4.79 Å². The molecular formula is C23H20Cl2N2O4. The number of amides is 1. The fourth-order valence-corrected chi connectivity index (χ4v) is 3.11. The first-order valence-corrected chi connectivity index (χ1v) is 10.0. The fourth-order valence-electron chi connectivity index (χ4n) is 2.71. The lowest BCUT2D eigenvalue weighted by Gasteiger charge is -2.13. The zero-order valence-corrected chi connectivity index (χ0v) is 18.1. The number of aliphatic hydroxyl groups excluding tert-OH is 1. The minimum atomic E-state index is -1.32. The molecule has 8 heteroatoms. The SMILES string of the molecule is COc1cc(/C=N\NC(=O)[C@@H](O)c2ccccc2)cc(Cl)c1OCc1ccc(Cl)cc1. The van der Waals surface area contributed by atoms with Crippen molar-refractivity contribution in [3.05, 3.63) is 93.5 Å². The fraction of sp³-hybridized carbons (Fsp3) is 0.130. The van der Waals surface area contributed by atoms with Crippen LogP contribution in [0, 0.1) is 0 Å². The first-order chi connectivity index (χ1) is 15.0. The number of hydrazone groups is 1. The van der Waals surface area contributed by atoms with Crippen LogP contribution in [0.2, 0.25) is 10.0 Å². The molecule has 0 fully saturated rings. The van der Waals surface area contributed by atoms with Crippen LogP contribution >= 0.6 is 23.2 Å². The highest BCUT2D eigenvalue weighted by Crippen LogP contribution is 2.36. The summed E-state index contributed by atoms with van der Waals surface area (Å²) in [5, 5.41) is 14.9. The van der Waals surface area contributed by atoms with Crippen LogP contribution in [-0.4, -0.2) is 24.3 Å². The van der Waals surface area contributed by atoms with E-state index in [0.29, 0.717) is 32.7 Å². The summed E-state index contributed by atoms with van der Waals surface area (Å²) in [6, 6.07) is 19.2. The van der Waals surface area contributed by atoms with Crippen LogP contribution in [0.25, 0.3) is 0 Å². The highest BCUT2D eigenvalue weighted by atomic mass is 35.5. The van der Waals surface area contributed by atoms with E-state index in [1.165, 1.54) is 13.3 Å². The van der Waals surface area contributed by atoms with Gasteiger partial charge in [-0.15, -0.1) is 0 Å². The molecule has 3 aromatic rings. The van der Waals surface area contributed by atoms with Gasteiger partial charge in [0.25, 0.3) is 5.91 Å². The van der Waals surface area contributed by atoms with Gasteiger partial charge in [-0.2, -0.15) is 5.10 Å². The van der Waals surface area contributed by atoms with Crippen molar-refractivity contribution in [3.63, 3.8) is 0 Å². The van der Waals surface area contributed by atoms with Gasteiger partial charge in [0, 0.05) is 5.02 Å². The maximum Gasteiger partial charge on any atom is 0.273 e. The first kappa shape index (κ1) is 22.6. The number of halogens is 2. The lowest BCUT2D eigenvalue weighted by molar-refractivity contribution is -0.129. The Balaban J connectivity index is 1.66. The van der Waals surface area contributed by atoms with Crippen LogP contribution in [0.15, 0.2) is 71.8 Å². The molecule has 160 valence electrons. The number of carbonyl (C=O) groups is 1. The zero-order valence-electron chi connectivity index (χ0n) is 16.6. The molecular weight excluding hydrogens is 439 g/mol. The maximum absolute atomic E-state index is 12.1. The summed E-state index contributed by atoms with van der Waals surface area (Å²) >= 11 is 12.3. The molecule has 0 aliphatic heterocycles. The summed E-state index contributed by atoms with van der Waals surface area (Å²) in [4.78, 5) is 12.1. The van der Waals surface area contributed by atoms with Crippen LogP contribution in [-0.2, 0) is 11.4 Å². The molecule has 0 aliphatic carbocycles. The summed E-state index contributed by atoms with van der Waals surface area (Å²) in [5.41, 5.74) is 4.28. The number of benzene rings is 3. The second-order valence-electron chi connectivity index (χ2n) is 6.50. The Kier molecular flexibility index (Phi) is 7.89. The van der Waals surface area contributed by atoms with Crippen LogP contribution < -0.4 is 14.9 Å². The quantitative estimate of drug-likeness (QED) is 0.376. The van der Waals surface area contributed by atoms with E-state index in [9.17, 15) is 9.90 Å². The molecule has 0 radical (unpaired) electrons. The van der Waals surface area contributed by atoms with E-state index in [1.54, 1.807) is 54.6 Å². The van der Waals surface area contributed by atoms with Crippen molar-refractivity contribution < 1.29 is 19.4 Å². The van der Waals surface area contributed by atoms with E-state index in [1.807, 2.05) is 12.1 Å². The molecule has 1 atom stereocenters. The molecule has 0 aliphatic rings. The largest absolute Gasteiger partial charge is 0.493 e. The van der Waals surface area contributed by atoms with E-state index < -0.39 is 12.0 Å². The third-order valence-electron chi connectivity index (χ3n) is 4.30. The van der Waals surface area contributed by atoms with Gasteiger partial charge in [-0.25, -0.2) is 5.43 Å². The molecule has 2 N–H and O–H groups in total. The number of hydrogen-bond acceptors (Lipinski definition) is 5. The van der Waals surface area contributed by atoms with Gasteiger partial charge < -0.3 is 14.6 Å². The Morgan fingerprint density at radius 3 is 2.52 bits per heavy atom. The van der Waals surface area contributed by atoms with E-state index in [2.05, 4.69) is 10.5 Å². The van der Waals surface area contributed by atoms with Gasteiger partial charge in [0.05, 0.1) is 18.3 Å². The smallest absolute Gasteiger partial charge is 0.273 e. The standard InChI is InChI=1S/C23H20Cl2N2O4/c1-30-20-12-16(13-26-27-23(29)21(28)17-5-3-2-4-6-17)11-19(25)22(20)31-14-15-7-9-18(24)10-8-15/h2-13,21,28H,14H2,1H3,(H,27,29)/b26-13-/t21-/m0/s1. The normalized spacial score (nSPS) is 11.9. The second-order valence-corrected chi connectivity index (χ2v) is 7.34. The Hall–Kier alpha value is -3.06. The van der Waals surface area contributed by atoms with Crippen molar-refractivity contribution in [2.45, 2.75) is 12.7 Å². The molecule has 6 nitrogen and oxygen atoms in total. The highest BCUT2D eigenvalue weighted by molar-refractivity contribution is 6.32. The molecule has 3 rings (SSSR count). The topological polar surface area (TPSA) is 80.2 Å². The number of methoxy groups -OCH3 is 1. The van der Waals surface area contributed by atoms with Gasteiger partial charge in [-0.1, -0.05) is 65.7 Å². The summed E-state index contributed by atoms with van der Waals surface area (Å²) in [7, 11) is 1.50.